The Labute approximate surface area is 121 Å². The predicted molar refractivity (Wildman–Crippen MR) is 79.5 cm³/mol. The zero-order valence-electron chi connectivity index (χ0n) is 12.1. The Morgan fingerprint density at radius 1 is 1.10 bits per heavy atom. The molecule has 0 radical (unpaired) electrons. The Morgan fingerprint density at radius 3 is 2.75 bits per heavy atom. The van der Waals surface area contributed by atoms with Crippen molar-refractivity contribution in [2.45, 2.75) is 31.5 Å². The maximum Gasteiger partial charge on any atom is 0.0870 e. The molecule has 20 heavy (non-hydrogen) atoms. The van der Waals surface area contributed by atoms with Crippen molar-refractivity contribution >= 4 is 0 Å². The monoisotopic (exact) mass is 272 g/mol. The van der Waals surface area contributed by atoms with E-state index in [2.05, 4.69) is 40.1 Å². The van der Waals surface area contributed by atoms with Crippen molar-refractivity contribution in [1.29, 1.82) is 0 Å². The molecule has 3 fully saturated rings. The standard InChI is InChI=1S/C17H24N2O/c1-2-4-14(5-3-1)11-19-8-9-20-17-13-18(12-16(17)19)10-15-6-7-15/h1-5,15-17H,6-13H2/t16-,17-/m0/s1. The van der Waals surface area contributed by atoms with Crippen LogP contribution in [0.15, 0.2) is 30.3 Å². The Hall–Kier alpha value is -0.900. The van der Waals surface area contributed by atoms with Crippen LogP contribution in [0.3, 0.4) is 0 Å². The fourth-order valence-electron chi connectivity index (χ4n) is 3.66. The van der Waals surface area contributed by atoms with E-state index in [1.807, 2.05) is 0 Å². The van der Waals surface area contributed by atoms with Gasteiger partial charge in [0.1, 0.15) is 0 Å². The molecule has 0 bridgehead atoms. The first-order valence-corrected chi connectivity index (χ1v) is 8.00. The van der Waals surface area contributed by atoms with Crippen molar-refractivity contribution in [3.8, 4) is 0 Å². The number of hydrogen-bond acceptors (Lipinski definition) is 3. The molecule has 0 unspecified atom stereocenters. The average Bonchev–Trinajstić information content (AvgIpc) is 3.17. The summed E-state index contributed by atoms with van der Waals surface area (Å²) in [5.74, 6) is 0.984. The lowest BCUT2D eigenvalue weighted by Gasteiger charge is -2.37. The number of rotatable bonds is 4. The van der Waals surface area contributed by atoms with Gasteiger partial charge in [-0.1, -0.05) is 30.3 Å². The summed E-state index contributed by atoms with van der Waals surface area (Å²) < 4.78 is 6.02. The molecule has 3 nitrogen and oxygen atoms in total. The highest BCUT2D eigenvalue weighted by molar-refractivity contribution is 5.15. The molecule has 2 saturated heterocycles. The summed E-state index contributed by atoms with van der Waals surface area (Å²) in [6, 6.07) is 11.5. The van der Waals surface area contributed by atoms with Crippen molar-refractivity contribution in [3.63, 3.8) is 0 Å². The van der Waals surface area contributed by atoms with Gasteiger partial charge in [-0.2, -0.15) is 0 Å². The van der Waals surface area contributed by atoms with Gasteiger partial charge in [0.05, 0.1) is 18.8 Å². The summed E-state index contributed by atoms with van der Waals surface area (Å²) in [4.78, 5) is 5.27. The van der Waals surface area contributed by atoms with E-state index in [1.54, 1.807) is 0 Å². The van der Waals surface area contributed by atoms with Gasteiger partial charge in [-0.05, 0) is 24.3 Å². The Bertz CT molecular complexity index is 446. The summed E-state index contributed by atoms with van der Waals surface area (Å²) in [6.07, 6.45) is 3.33. The SMILES string of the molecule is c1ccc(CN2CCO[C@H]3CN(CC4CC4)C[C@@H]32)cc1. The van der Waals surface area contributed by atoms with E-state index in [9.17, 15) is 0 Å². The first-order chi connectivity index (χ1) is 9.88. The molecule has 0 spiro atoms. The van der Waals surface area contributed by atoms with E-state index in [0.29, 0.717) is 12.1 Å². The minimum atomic E-state index is 0.436. The minimum absolute atomic E-state index is 0.436. The van der Waals surface area contributed by atoms with Gasteiger partial charge in [0, 0.05) is 32.7 Å². The quantitative estimate of drug-likeness (QED) is 0.833. The molecule has 3 aliphatic rings. The van der Waals surface area contributed by atoms with Gasteiger partial charge in [0.15, 0.2) is 0 Å². The Balaban J connectivity index is 1.41. The van der Waals surface area contributed by atoms with Crippen molar-refractivity contribution in [2.75, 3.05) is 32.8 Å². The van der Waals surface area contributed by atoms with Crippen LogP contribution >= 0.6 is 0 Å². The fourth-order valence-corrected chi connectivity index (χ4v) is 3.66. The lowest BCUT2D eigenvalue weighted by Crippen LogP contribution is -2.50. The third-order valence-corrected chi connectivity index (χ3v) is 4.93. The van der Waals surface area contributed by atoms with E-state index in [1.165, 1.54) is 31.5 Å². The molecule has 0 amide bonds. The molecule has 0 aromatic heterocycles. The van der Waals surface area contributed by atoms with Crippen molar-refractivity contribution in [1.82, 2.24) is 9.80 Å². The molecular weight excluding hydrogens is 248 g/mol. The van der Waals surface area contributed by atoms with Gasteiger partial charge in [-0.25, -0.2) is 0 Å². The molecular formula is C17H24N2O. The minimum Gasteiger partial charge on any atom is -0.374 e. The number of benzene rings is 1. The van der Waals surface area contributed by atoms with Gasteiger partial charge in [0.25, 0.3) is 0 Å². The zero-order chi connectivity index (χ0) is 13.4. The second-order valence-electron chi connectivity index (χ2n) is 6.59. The molecule has 0 N–H and O–H groups in total. The van der Waals surface area contributed by atoms with Crippen molar-refractivity contribution < 1.29 is 4.74 Å². The van der Waals surface area contributed by atoms with E-state index in [0.717, 1.165) is 32.2 Å². The van der Waals surface area contributed by atoms with Crippen LogP contribution < -0.4 is 0 Å². The molecule has 3 heteroatoms. The van der Waals surface area contributed by atoms with Crippen LogP contribution in [-0.2, 0) is 11.3 Å². The van der Waals surface area contributed by atoms with Crippen LogP contribution in [-0.4, -0.2) is 54.7 Å². The second kappa shape index (κ2) is 5.47. The summed E-state index contributed by atoms with van der Waals surface area (Å²) in [5, 5.41) is 0. The first kappa shape index (κ1) is 12.8. The highest BCUT2D eigenvalue weighted by atomic mass is 16.5. The summed E-state index contributed by atoms with van der Waals surface area (Å²) in [6.45, 7) is 6.69. The maximum atomic E-state index is 6.02. The van der Waals surface area contributed by atoms with Gasteiger partial charge in [0.2, 0.25) is 0 Å². The van der Waals surface area contributed by atoms with Gasteiger partial charge >= 0.3 is 0 Å². The fraction of sp³-hybridized carbons (Fsp3) is 0.647. The molecule has 1 aromatic carbocycles. The number of ether oxygens (including phenoxy) is 1. The van der Waals surface area contributed by atoms with E-state index in [4.69, 9.17) is 4.74 Å². The van der Waals surface area contributed by atoms with Gasteiger partial charge < -0.3 is 4.74 Å². The average molecular weight is 272 g/mol. The highest BCUT2D eigenvalue weighted by Gasteiger charge is 2.41. The number of fused-ring (bicyclic) bond motifs is 1. The topological polar surface area (TPSA) is 15.7 Å². The summed E-state index contributed by atoms with van der Waals surface area (Å²) >= 11 is 0. The number of nitrogens with zero attached hydrogens (tertiary/aromatic N) is 2. The van der Waals surface area contributed by atoms with Crippen LogP contribution in [0.2, 0.25) is 0 Å². The number of morpholine rings is 1. The van der Waals surface area contributed by atoms with E-state index < -0.39 is 0 Å². The second-order valence-corrected chi connectivity index (χ2v) is 6.59. The maximum absolute atomic E-state index is 6.02. The summed E-state index contributed by atoms with van der Waals surface area (Å²) in [5.41, 5.74) is 1.42. The van der Waals surface area contributed by atoms with Crippen molar-refractivity contribution in [3.05, 3.63) is 35.9 Å². The lowest BCUT2D eigenvalue weighted by molar-refractivity contribution is -0.0504. The predicted octanol–water partition coefficient (Wildman–Crippen LogP) is 1.98. The Morgan fingerprint density at radius 2 is 1.95 bits per heavy atom. The van der Waals surface area contributed by atoms with Crippen LogP contribution in [0.4, 0.5) is 0 Å². The van der Waals surface area contributed by atoms with Crippen LogP contribution in [0.1, 0.15) is 18.4 Å². The van der Waals surface area contributed by atoms with Gasteiger partial charge in [-0.3, -0.25) is 9.80 Å². The molecule has 1 saturated carbocycles. The van der Waals surface area contributed by atoms with Crippen molar-refractivity contribution in [2.24, 2.45) is 5.92 Å². The molecule has 2 atom stereocenters. The Kier molecular flexibility index (Phi) is 3.51. The van der Waals surface area contributed by atoms with Gasteiger partial charge in [-0.15, -0.1) is 0 Å². The molecule has 108 valence electrons. The molecule has 2 heterocycles. The van der Waals surface area contributed by atoms with Crippen LogP contribution in [0, 0.1) is 5.92 Å². The van der Waals surface area contributed by atoms with Crippen LogP contribution in [0.5, 0.6) is 0 Å². The largest absolute Gasteiger partial charge is 0.374 e. The van der Waals surface area contributed by atoms with E-state index in [-0.39, 0.29) is 0 Å². The molecule has 1 aliphatic carbocycles. The normalized spacial score (nSPS) is 31.4. The molecule has 2 aliphatic heterocycles. The lowest BCUT2D eigenvalue weighted by atomic mass is 10.1. The van der Waals surface area contributed by atoms with E-state index >= 15 is 0 Å². The smallest absolute Gasteiger partial charge is 0.0870 e. The first-order valence-electron chi connectivity index (χ1n) is 8.00. The molecule has 4 rings (SSSR count). The summed E-state index contributed by atoms with van der Waals surface area (Å²) in [7, 11) is 0. The van der Waals surface area contributed by atoms with Crippen LogP contribution in [0.25, 0.3) is 0 Å². The number of likely N-dealkylation sites (tertiary alicyclic amines) is 1. The third-order valence-electron chi connectivity index (χ3n) is 4.93. The third kappa shape index (κ3) is 2.76. The highest BCUT2D eigenvalue weighted by Crippen LogP contribution is 2.32. The zero-order valence-corrected chi connectivity index (χ0v) is 12.1. The molecule has 1 aromatic rings. The number of hydrogen-bond donors (Lipinski definition) is 0.